The molecule has 1 aliphatic rings. The second-order valence-electron chi connectivity index (χ2n) is 5.35. The molecule has 0 saturated carbocycles. The number of nitrogens with one attached hydrogen (secondary N) is 1. The molecule has 0 radical (unpaired) electrons. The zero-order valence-corrected chi connectivity index (χ0v) is 11.5. The molecule has 104 valence electrons. The number of nitrogens with zero attached hydrogens (tertiary/aromatic N) is 3. The molecule has 1 aliphatic carbocycles. The third-order valence-corrected chi connectivity index (χ3v) is 4.00. The van der Waals surface area contributed by atoms with Crippen molar-refractivity contribution in [3.8, 4) is 5.82 Å². The van der Waals surface area contributed by atoms with Crippen LogP contribution in [0.25, 0.3) is 16.7 Å². The number of para-hydroxylation sites is 1. The summed E-state index contributed by atoms with van der Waals surface area (Å²) < 4.78 is 1.78. The highest BCUT2D eigenvalue weighted by Gasteiger charge is 2.20. The van der Waals surface area contributed by atoms with Gasteiger partial charge in [0.05, 0.1) is 17.3 Å². The van der Waals surface area contributed by atoms with E-state index in [0.29, 0.717) is 11.4 Å². The number of nitrogens with two attached hydrogens (primary N) is 1. The molecule has 4 rings (SSSR count). The normalized spacial score (nSPS) is 13.5. The molecule has 0 fully saturated rings. The van der Waals surface area contributed by atoms with E-state index in [-0.39, 0.29) is 5.84 Å². The molecular weight excluding hydrogens is 262 g/mol. The van der Waals surface area contributed by atoms with E-state index in [2.05, 4.69) is 5.10 Å². The first-order valence-electron chi connectivity index (χ1n) is 7.04. The average molecular weight is 277 g/mol. The van der Waals surface area contributed by atoms with Crippen molar-refractivity contribution in [3.63, 3.8) is 0 Å². The lowest BCUT2D eigenvalue weighted by Crippen LogP contribution is -2.17. The van der Waals surface area contributed by atoms with E-state index in [1.165, 1.54) is 5.56 Å². The van der Waals surface area contributed by atoms with Crippen LogP contribution in [0, 0.1) is 5.41 Å². The van der Waals surface area contributed by atoms with E-state index >= 15 is 0 Å². The monoisotopic (exact) mass is 277 g/mol. The Balaban J connectivity index is 2.01. The Hall–Kier alpha value is -2.69. The molecule has 2 aromatic heterocycles. The van der Waals surface area contributed by atoms with Crippen molar-refractivity contribution in [2.75, 3.05) is 0 Å². The minimum absolute atomic E-state index is 0.0341. The van der Waals surface area contributed by atoms with Crippen molar-refractivity contribution in [1.29, 1.82) is 5.41 Å². The molecule has 0 saturated heterocycles. The topological polar surface area (TPSA) is 80.6 Å². The molecule has 3 aromatic rings. The fraction of sp³-hybridized carbons (Fsp3) is 0.188. The third-order valence-electron chi connectivity index (χ3n) is 4.00. The molecule has 0 atom stereocenters. The summed E-state index contributed by atoms with van der Waals surface area (Å²) in [5.41, 5.74) is 9.71. The van der Waals surface area contributed by atoms with Gasteiger partial charge in [0.15, 0.2) is 5.82 Å². The minimum atomic E-state index is 0.0341. The zero-order valence-electron chi connectivity index (χ0n) is 11.5. The second kappa shape index (κ2) is 4.41. The van der Waals surface area contributed by atoms with Crippen molar-refractivity contribution in [1.82, 2.24) is 14.8 Å². The average Bonchev–Trinajstić information content (AvgIpc) is 3.11. The quantitative estimate of drug-likeness (QED) is 0.556. The lowest BCUT2D eigenvalue weighted by molar-refractivity contribution is 0.850. The van der Waals surface area contributed by atoms with Crippen LogP contribution in [-0.4, -0.2) is 20.6 Å². The molecule has 21 heavy (non-hydrogen) atoms. The van der Waals surface area contributed by atoms with E-state index in [4.69, 9.17) is 16.1 Å². The van der Waals surface area contributed by atoms with Crippen molar-refractivity contribution >= 4 is 16.7 Å². The standard InChI is InChI=1S/C16H15N5/c17-15(18)12-8-10-5-3-6-13(10)20-16(12)21-14-7-2-1-4-11(14)9-19-21/h1-2,4,7-9H,3,5-6H2,(H3,17,18). The number of aryl methyl sites for hydroxylation is 2. The summed E-state index contributed by atoms with van der Waals surface area (Å²) in [6, 6.07) is 9.97. The van der Waals surface area contributed by atoms with Gasteiger partial charge in [0.2, 0.25) is 0 Å². The summed E-state index contributed by atoms with van der Waals surface area (Å²) >= 11 is 0. The van der Waals surface area contributed by atoms with Crippen molar-refractivity contribution in [2.24, 2.45) is 5.73 Å². The number of aromatic nitrogens is 3. The number of hydrogen-bond acceptors (Lipinski definition) is 3. The van der Waals surface area contributed by atoms with Crippen LogP contribution in [0.3, 0.4) is 0 Å². The number of fused-ring (bicyclic) bond motifs is 2. The molecule has 5 heteroatoms. The highest BCUT2D eigenvalue weighted by Crippen LogP contribution is 2.26. The first kappa shape index (κ1) is 12.1. The largest absolute Gasteiger partial charge is 0.384 e. The maximum absolute atomic E-state index is 7.85. The predicted molar refractivity (Wildman–Crippen MR) is 81.9 cm³/mol. The van der Waals surface area contributed by atoms with Gasteiger partial charge in [-0.25, -0.2) is 9.67 Å². The van der Waals surface area contributed by atoms with Crippen molar-refractivity contribution in [3.05, 3.63) is 53.3 Å². The van der Waals surface area contributed by atoms with E-state index < -0.39 is 0 Å². The predicted octanol–water partition coefficient (Wildman–Crippen LogP) is 2.19. The lowest BCUT2D eigenvalue weighted by Gasteiger charge is -2.11. The molecule has 0 aliphatic heterocycles. The molecule has 0 bridgehead atoms. The maximum Gasteiger partial charge on any atom is 0.165 e. The fourth-order valence-corrected chi connectivity index (χ4v) is 2.96. The summed E-state index contributed by atoms with van der Waals surface area (Å²) in [4.78, 5) is 4.75. The second-order valence-corrected chi connectivity index (χ2v) is 5.35. The van der Waals surface area contributed by atoms with Gasteiger partial charge in [-0.15, -0.1) is 0 Å². The summed E-state index contributed by atoms with van der Waals surface area (Å²) in [7, 11) is 0. The first-order chi connectivity index (χ1) is 10.2. The van der Waals surface area contributed by atoms with Gasteiger partial charge in [0, 0.05) is 11.1 Å². The number of benzene rings is 1. The summed E-state index contributed by atoms with van der Waals surface area (Å²) in [6.07, 6.45) is 4.93. The summed E-state index contributed by atoms with van der Waals surface area (Å²) in [6.45, 7) is 0. The van der Waals surface area contributed by atoms with Gasteiger partial charge in [0.25, 0.3) is 0 Å². The van der Waals surface area contributed by atoms with Crippen LogP contribution in [-0.2, 0) is 12.8 Å². The highest BCUT2D eigenvalue weighted by molar-refractivity contribution is 5.98. The smallest absolute Gasteiger partial charge is 0.165 e. The van der Waals surface area contributed by atoms with Gasteiger partial charge in [-0.05, 0) is 37.0 Å². The maximum atomic E-state index is 7.85. The first-order valence-corrected chi connectivity index (χ1v) is 7.04. The van der Waals surface area contributed by atoms with Crippen LogP contribution in [0.2, 0.25) is 0 Å². The molecule has 2 heterocycles. The molecular formula is C16H15N5. The molecule has 0 amide bonds. The van der Waals surface area contributed by atoms with Gasteiger partial charge in [-0.3, -0.25) is 5.41 Å². The molecule has 0 spiro atoms. The van der Waals surface area contributed by atoms with E-state index in [0.717, 1.165) is 35.9 Å². The number of pyridine rings is 1. The minimum Gasteiger partial charge on any atom is -0.384 e. The molecule has 3 N–H and O–H groups in total. The fourth-order valence-electron chi connectivity index (χ4n) is 2.96. The van der Waals surface area contributed by atoms with Gasteiger partial charge >= 0.3 is 0 Å². The van der Waals surface area contributed by atoms with Gasteiger partial charge in [0.1, 0.15) is 5.84 Å². The van der Waals surface area contributed by atoms with E-state index in [1.807, 2.05) is 36.5 Å². The third kappa shape index (κ3) is 1.81. The van der Waals surface area contributed by atoms with Crippen LogP contribution >= 0.6 is 0 Å². The number of hydrogen-bond donors (Lipinski definition) is 2. The summed E-state index contributed by atoms with van der Waals surface area (Å²) in [5.74, 6) is 0.691. The Morgan fingerprint density at radius 3 is 2.95 bits per heavy atom. The number of nitrogen functional groups attached to an aromatic ring is 1. The van der Waals surface area contributed by atoms with Crippen LogP contribution in [0.1, 0.15) is 23.2 Å². The Morgan fingerprint density at radius 2 is 2.10 bits per heavy atom. The van der Waals surface area contributed by atoms with E-state index in [1.54, 1.807) is 4.68 Å². The highest BCUT2D eigenvalue weighted by atomic mass is 15.3. The molecule has 1 aromatic carbocycles. The molecule has 5 nitrogen and oxygen atoms in total. The van der Waals surface area contributed by atoms with Crippen LogP contribution in [0.15, 0.2) is 36.5 Å². The van der Waals surface area contributed by atoms with Crippen LogP contribution in [0.5, 0.6) is 0 Å². The van der Waals surface area contributed by atoms with Gasteiger partial charge in [-0.2, -0.15) is 5.10 Å². The number of rotatable bonds is 2. The molecule has 0 unspecified atom stereocenters. The lowest BCUT2D eigenvalue weighted by atomic mass is 10.1. The van der Waals surface area contributed by atoms with Crippen LogP contribution in [0.4, 0.5) is 0 Å². The van der Waals surface area contributed by atoms with Gasteiger partial charge in [-0.1, -0.05) is 18.2 Å². The zero-order chi connectivity index (χ0) is 14.4. The SMILES string of the molecule is N=C(N)c1cc2c(nc1-n1ncc3ccccc31)CCC2. The Bertz CT molecular complexity index is 862. The van der Waals surface area contributed by atoms with E-state index in [9.17, 15) is 0 Å². The Morgan fingerprint density at radius 1 is 1.24 bits per heavy atom. The van der Waals surface area contributed by atoms with Gasteiger partial charge < -0.3 is 5.73 Å². The summed E-state index contributed by atoms with van der Waals surface area (Å²) in [5, 5.41) is 13.3. The van der Waals surface area contributed by atoms with Crippen LogP contribution < -0.4 is 5.73 Å². The Labute approximate surface area is 121 Å². The Kier molecular flexibility index (Phi) is 2.54. The van der Waals surface area contributed by atoms with Crippen molar-refractivity contribution < 1.29 is 0 Å². The number of amidine groups is 1. The van der Waals surface area contributed by atoms with Crippen molar-refractivity contribution in [2.45, 2.75) is 19.3 Å².